The van der Waals surface area contributed by atoms with Gasteiger partial charge in [0.25, 0.3) is 5.79 Å². The first-order valence-electron chi connectivity index (χ1n) is 9.78. The Balaban J connectivity index is 1.95. The van der Waals surface area contributed by atoms with Gasteiger partial charge >= 0.3 is 18.0 Å². The van der Waals surface area contributed by atoms with Gasteiger partial charge in [0.15, 0.2) is 0 Å². The third kappa shape index (κ3) is 3.32. The molecule has 0 aromatic heterocycles. The highest BCUT2D eigenvalue weighted by molar-refractivity contribution is 5.84. The molecule has 2 fully saturated rings. The largest absolute Gasteiger partial charge is 0.449 e. The Morgan fingerprint density at radius 3 is 2.50 bits per heavy atom. The van der Waals surface area contributed by atoms with Crippen LogP contribution >= 0.6 is 0 Å². The van der Waals surface area contributed by atoms with E-state index in [-0.39, 0.29) is 29.8 Å². The highest BCUT2D eigenvalue weighted by atomic mass is 16.8. The van der Waals surface area contributed by atoms with Crippen molar-refractivity contribution < 1.29 is 43.0 Å². The van der Waals surface area contributed by atoms with E-state index in [2.05, 4.69) is 0 Å². The number of hydrogen-bond acceptors (Lipinski definition) is 10. The molecule has 4 atom stereocenters. The van der Waals surface area contributed by atoms with Crippen molar-refractivity contribution in [2.24, 2.45) is 5.73 Å². The van der Waals surface area contributed by atoms with E-state index in [0.29, 0.717) is 17.5 Å². The normalized spacial score (nSPS) is 26.9. The van der Waals surface area contributed by atoms with Crippen LogP contribution in [-0.2, 0) is 28.7 Å². The first-order valence-corrected chi connectivity index (χ1v) is 9.78. The van der Waals surface area contributed by atoms with E-state index in [9.17, 15) is 24.0 Å². The fourth-order valence-corrected chi connectivity index (χ4v) is 4.65. The first-order chi connectivity index (χ1) is 15.1. The Kier molecular flexibility index (Phi) is 5.04. The van der Waals surface area contributed by atoms with Crippen LogP contribution in [0.15, 0.2) is 12.1 Å². The molecule has 2 unspecified atom stereocenters. The molecule has 2 bridgehead atoms. The average Bonchev–Trinajstić information content (AvgIpc) is 3.42. The summed E-state index contributed by atoms with van der Waals surface area (Å²) < 4.78 is 16.1. The molecule has 170 valence electrons. The molecule has 0 saturated carbocycles. The van der Waals surface area contributed by atoms with Gasteiger partial charge in [-0.1, -0.05) is 0 Å². The third-order valence-electron chi connectivity index (χ3n) is 5.64. The number of anilines is 1. The topological polar surface area (TPSA) is 155 Å². The molecule has 0 aliphatic carbocycles. The minimum Gasteiger partial charge on any atom is -0.449 e. The van der Waals surface area contributed by atoms with E-state index in [4.69, 9.17) is 24.8 Å². The molecule has 3 aliphatic rings. The second-order valence-electron chi connectivity index (χ2n) is 7.75. The third-order valence-corrected chi connectivity index (χ3v) is 5.64. The van der Waals surface area contributed by atoms with Crippen molar-refractivity contribution in [2.75, 3.05) is 18.2 Å². The number of amides is 2. The van der Waals surface area contributed by atoms with Crippen LogP contribution < -0.4 is 15.5 Å². The Morgan fingerprint density at radius 1 is 1.22 bits per heavy atom. The number of carbonyl (C=O) groups excluding carboxylic acids is 5. The number of benzene rings is 1. The number of esters is 2. The molecule has 3 aliphatic heterocycles. The summed E-state index contributed by atoms with van der Waals surface area (Å²) in [6.07, 6.45) is -0.515. The quantitative estimate of drug-likeness (QED) is 0.287. The number of ether oxygens (including phenoxy) is 3. The molecule has 1 aromatic rings. The van der Waals surface area contributed by atoms with Crippen LogP contribution in [0.1, 0.15) is 42.6 Å². The van der Waals surface area contributed by atoms with Crippen LogP contribution in [-0.4, -0.2) is 66.1 Å². The standard InChI is InChI=1S/C20H21N3O9/c1-9(25)23-15-6-22-14-4-12(7-24)5-16(30-10(2)26)17(14)13(8-29-19(21)28)20(32-22,18(15)23)31-11(3)27/h4-5,7,13,15,18H,6,8H2,1-3H3,(H2,21,28)/t13?,15-,18?,20-,23?/m0/s1. The van der Waals surface area contributed by atoms with Crippen molar-refractivity contribution in [1.29, 1.82) is 0 Å². The molecule has 12 nitrogen and oxygen atoms in total. The van der Waals surface area contributed by atoms with E-state index < -0.39 is 42.4 Å². The maximum Gasteiger partial charge on any atom is 0.404 e. The zero-order valence-corrected chi connectivity index (χ0v) is 17.5. The van der Waals surface area contributed by atoms with Gasteiger partial charge in [0.2, 0.25) is 5.91 Å². The summed E-state index contributed by atoms with van der Waals surface area (Å²) in [6.45, 7) is 3.54. The fourth-order valence-electron chi connectivity index (χ4n) is 4.65. The summed E-state index contributed by atoms with van der Waals surface area (Å²) in [5, 5.41) is 1.39. The minimum absolute atomic E-state index is 0.00784. The number of rotatable bonds is 5. The van der Waals surface area contributed by atoms with Gasteiger partial charge in [-0.05, 0) is 12.1 Å². The molecule has 1 aromatic carbocycles. The highest BCUT2D eigenvalue weighted by Crippen LogP contribution is 2.58. The monoisotopic (exact) mass is 447 g/mol. The van der Waals surface area contributed by atoms with Crippen molar-refractivity contribution in [1.82, 2.24) is 4.90 Å². The van der Waals surface area contributed by atoms with Crippen LogP contribution in [0.3, 0.4) is 0 Å². The predicted octanol–water partition coefficient (Wildman–Crippen LogP) is 0.227. The average molecular weight is 447 g/mol. The second kappa shape index (κ2) is 7.48. The van der Waals surface area contributed by atoms with Crippen molar-refractivity contribution in [3.63, 3.8) is 0 Å². The van der Waals surface area contributed by atoms with Crippen molar-refractivity contribution >= 4 is 35.9 Å². The summed E-state index contributed by atoms with van der Waals surface area (Å²) in [6, 6.07) is 1.82. The highest BCUT2D eigenvalue weighted by Gasteiger charge is 2.73. The maximum absolute atomic E-state index is 12.2. The van der Waals surface area contributed by atoms with Crippen LogP contribution in [0.4, 0.5) is 10.5 Å². The molecule has 2 saturated heterocycles. The molecular formula is C20H21N3O9. The van der Waals surface area contributed by atoms with Gasteiger partial charge in [0, 0.05) is 31.9 Å². The lowest BCUT2D eigenvalue weighted by Gasteiger charge is -2.49. The van der Waals surface area contributed by atoms with Crippen LogP contribution in [0.5, 0.6) is 5.75 Å². The maximum atomic E-state index is 12.2. The first kappa shape index (κ1) is 21.6. The van der Waals surface area contributed by atoms with Gasteiger partial charge < -0.3 is 24.8 Å². The zero-order chi connectivity index (χ0) is 23.4. The summed E-state index contributed by atoms with van der Waals surface area (Å²) in [7, 11) is 0. The number of primary amides is 1. The number of fused-ring (bicyclic) bond motifs is 6. The minimum atomic E-state index is -1.78. The van der Waals surface area contributed by atoms with Gasteiger partial charge in [0.1, 0.15) is 24.7 Å². The molecular weight excluding hydrogens is 426 g/mol. The predicted molar refractivity (Wildman–Crippen MR) is 104 cm³/mol. The number of nitrogens with two attached hydrogens (primary N) is 1. The number of carbonyl (C=O) groups is 5. The molecule has 2 N–H and O–H groups in total. The number of nitrogens with zero attached hydrogens (tertiary/aromatic N) is 2. The van der Waals surface area contributed by atoms with Crippen LogP contribution in [0.25, 0.3) is 0 Å². The van der Waals surface area contributed by atoms with E-state index in [1.165, 1.54) is 42.9 Å². The molecule has 0 spiro atoms. The molecule has 0 radical (unpaired) electrons. The fraction of sp³-hybridized carbons (Fsp3) is 0.450. The summed E-state index contributed by atoms with van der Waals surface area (Å²) in [5.74, 6) is -4.43. The molecule has 3 heterocycles. The Hall–Kier alpha value is -3.67. The van der Waals surface area contributed by atoms with Gasteiger partial charge in [-0.3, -0.25) is 19.2 Å². The number of aldehydes is 1. The molecule has 2 amide bonds. The summed E-state index contributed by atoms with van der Waals surface area (Å²) >= 11 is 0. The Bertz CT molecular complexity index is 1040. The Labute approximate surface area is 182 Å². The van der Waals surface area contributed by atoms with E-state index in [1.807, 2.05) is 0 Å². The van der Waals surface area contributed by atoms with E-state index in [0.717, 1.165) is 0 Å². The Morgan fingerprint density at radius 2 is 1.94 bits per heavy atom. The van der Waals surface area contributed by atoms with E-state index in [1.54, 1.807) is 0 Å². The van der Waals surface area contributed by atoms with E-state index >= 15 is 0 Å². The molecule has 12 heteroatoms. The van der Waals surface area contributed by atoms with Gasteiger partial charge in [-0.2, -0.15) is 0 Å². The second-order valence-corrected chi connectivity index (χ2v) is 7.75. The summed E-state index contributed by atoms with van der Waals surface area (Å²) in [4.78, 5) is 66.7. The number of hydroxylamine groups is 1. The van der Waals surface area contributed by atoms with Gasteiger partial charge in [-0.25, -0.2) is 14.7 Å². The summed E-state index contributed by atoms with van der Waals surface area (Å²) in [5.41, 5.74) is 6.03. The molecule has 32 heavy (non-hydrogen) atoms. The SMILES string of the molecule is CC(=O)Oc1cc(C=O)cc2c1C(COC(N)=O)[C@]1(OC(C)=O)ON2C[C@H]2C1N2C(C)=O. The lowest BCUT2D eigenvalue weighted by Crippen LogP contribution is -2.61. The van der Waals surface area contributed by atoms with Gasteiger partial charge in [-0.15, -0.1) is 0 Å². The molecule has 4 rings (SSSR count). The zero-order valence-electron chi connectivity index (χ0n) is 17.5. The van der Waals surface area contributed by atoms with Crippen LogP contribution in [0, 0.1) is 0 Å². The smallest absolute Gasteiger partial charge is 0.404 e. The van der Waals surface area contributed by atoms with Crippen molar-refractivity contribution in [2.45, 2.75) is 44.6 Å². The van der Waals surface area contributed by atoms with Crippen LogP contribution in [0.2, 0.25) is 0 Å². The lowest BCUT2D eigenvalue weighted by atomic mass is 9.82. The van der Waals surface area contributed by atoms with Crippen molar-refractivity contribution in [3.05, 3.63) is 23.3 Å². The van der Waals surface area contributed by atoms with Gasteiger partial charge in [0.05, 0.1) is 24.2 Å². The number of hydrogen-bond donors (Lipinski definition) is 1. The van der Waals surface area contributed by atoms with Crippen molar-refractivity contribution in [3.8, 4) is 5.75 Å². The lowest BCUT2D eigenvalue weighted by molar-refractivity contribution is -0.265.